The summed E-state index contributed by atoms with van der Waals surface area (Å²) >= 11 is 1.49. The van der Waals surface area contributed by atoms with E-state index in [4.69, 9.17) is 4.74 Å². The second-order valence-electron chi connectivity index (χ2n) is 6.01. The SMILES string of the molecule is CCCN(CC(=O)Nc1ccccc1OC)C(=O)c1ccc2ncsc2c1. The van der Waals surface area contributed by atoms with Crippen molar-refractivity contribution < 1.29 is 14.3 Å². The number of carbonyl (C=O) groups is 2. The molecule has 6 nitrogen and oxygen atoms in total. The highest BCUT2D eigenvalue weighted by Gasteiger charge is 2.19. The summed E-state index contributed by atoms with van der Waals surface area (Å²) in [6.45, 7) is 2.45. The molecule has 1 heterocycles. The number of fused-ring (bicyclic) bond motifs is 1. The average molecular weight is 383 g/mol. The van der Waals surface area contributed by atoms with E-state index in [-0.39, 0.29) is 18.4 Å². The van der Waals surface area contributed by atoms with E-state index in [2.05, 4.69) is 10.3 Å². The van der Waals surface area contributed by atoms with Crippen molar-refractivity contribution in [3.05, 3.63) is 53.5 Å². The monoisotopic (exact) mass is 383 g/mol. The van der Waals surface area contributed by atoms with Crippen LogP contribution >= 0.6 is 11.3 Å². The van der Waals surface area contributed by atoms with Gasteiger partial charge in [-0.05, 0) is 36.8 Å². The molecule has 2 amide bonds. The summed E-state index contributed by atoms with van der Waals surface area (Å²) in [7, 11) is 1.55. The van der Waals surface area contributed by atoms with Crippen molar-refractivity contribution >= 4 is 39.1 Å². The summed E-state index contributed by atoms with van der Waals surface area (Å²) in [5.41, 5.74) is 3.77. The van der Waals surface area contributed by atoms with Crippen LogP contribution < -0.4 is 10.1 Å². The molecule has 0 aliphatic rings. The van der Waals surface area contributed by atoms with Gasteiger partial charge in [0.25, 0.3) is 5.91 Å². The van der Waals surface area contributed by atoms with Gasteiger partial charge in [-0.25, -0.2) is 4.98 Å². The zero-order chi connectivity index (χ0) is 19.2. The molecular formula is C20H21N3O3S. The lowest BCUT2D eigenvalue weighted by atomic mass is 10.2. The molecule has 0 spiro atoms. The molecule has 0 saturated heterocycles. The van der Waals surface area contributed by atoms with Gasteiger partial charge in [-0.15, -0.1) is 11.3 Å². The molecule has 2 aromatic carbocycles. The van der Waals surface area contributed by atoms with Crippen molar-refractivity contribution in [3.63, 3.8) is 0 Å². The molecule has 0 fully saturated rings. The number of amides is 2. The molecule has 3 rings (SSSR count). The van der Waals surface area contributed by atoms with Crippen LogP contribution in [0.4, 0.5) is 5.69 Å². The fourth-order valence-electron chi connectivity index (χ4n) is 2.80. The van der Waals surface area contributed by atoms with Crippen LogP contribution in [0.2, 0.25) is 0 Å². The van der Waals surface area contributed by atoms with E-state index in [9.17, 15) is 9.59 Å². The predicted molar refractivity (Wildman–Crippen MR) is 107 cm³/mol. The van der Waals surface area contributed by atoms with Gasteiger partial charge >= 0.3 is 0 Å². The Hall–Kier alpha value is -2.93. The predicted octanol–water partition coefficient (Wildman–Crippen LogP) is 3.80. The zero-order valence-electron chi connectivity index (χ0n) is 15.3. The summed E-state index contributed by atoms with van der Waals surface area (Å²) in [4.78, 5) is 31.2. The van der Waals surface area contributed by atoms with Crippen molar-refractivity contribution in [3.8, 4) is 5.75 Å². The Balaban J connectivity index is 1.74. The van der Waals surface area contributed by atoms with Gasteiger partial charge in [0.15, 0.2) is 0 Å². The number of rotatable bonds is 7. The fraction of sp³-hybridized carbons (Fsp3) is 0.250. The minimum absolute atomic E-state index is 0.0224. The van der Waals surface area contributed by atoms with Gasteiger partial charge in [-0.2, -0.15) is 0 Å². The highest BCUT2D eigenvalue weighted by molar-refractivity contribution is 7.16. The van der Waals surface area contributed by atoms with Crippen LogP contribution in [0.5, 0.6) is 5.75 Å². The number of anilines is 1. The smallest absolute Gasteiger partial charge is 0.254 e. The molecule has 140 valence electrons. The molecule has 0 bridgehead atoms. The highest BCUT2D eigenvalue weighted by atomic mass is 32.1. The summed E-state index contributed by atoms with van der Waals surface area (Å²) in [5, 5.41) is 2.82. The van der Waals surface area contributed by atoms with Gasteiger partial charge in [0.2, 0.25) is 5.91 Å². The van der Waals surface area contributed by atoms with Crippen LogP contribution in [0.1, 0.15) is 23.7 Å². The number of benzene rings is 2. The summed E-state index contributed by atoms with van der Waals surface area (Å²) in [6, 6.07) is 12.6. The molecule has 0 atom stereocenters. The Morgan fingerprint density at radius 1 is 1.22 bits per heavy atom. The minimum atomic E-state index is -0.264. The highest BCUT2D eigenvalue weighted by Crippen LogP contribution is 2.23. The van der Waals surface area contributed by atoms with Crippen molar-refractivity contribution in [1.29, 1.82) is 0 Å². The van der Waals surface area contributed by atoms with Crippen molar-refractivity contribution in [2.45, 2.75) is 13.3 Å². The Morgan fingerprint density at radius 2 is 2.04 bits per heavy atom. The number of hydrogen-bond acceptors (Lipinski definition) is 5. The summed E-state index contributed by atoms with van der Waals surface area (Å²) in [5.74, 6) is 0.150. The molecule has 3 aromatic rings. The molecule has 0 aliphatic heterocycles. The molecular weight excluding hydrogens is 362 g/mol. The van der Waals surface area contributed by atoms with Gasteiger partial charge in [-0.3, -0.25) is 9.59 Å². The van der Waals surface area contributed by atoms with Crippen LogP contribution in [0.25, 0.3) is 10.2 Å². The van der Waals surface area contributed by atoms with Crippen LogP contribution in [0.15, 0.2) is 48.0 Å². The van der Waals surface area contributed by atoms with Gasteiger partial charge in [0.1, 0.15) is 12.3 Å². The first-order valence-electron chi connectivity index (χ1n) is 8.67. The van der Waals surface area contributed by atoms with Crippen LogP contribution in [-0.2, 0) is 4.79 Å². The van der Waals surface area contributed by atoms with Crippen molar-refractivity contribution in [2.75, 3.05) is 25.5 Å². The molecule has 27 heavy (non-hydrogen) atoms. The van der Waals surface area contributed by atoms with Crippen LogP contribution in [0, 0.1) is 0 Å². The van der Waals surface area contributed by atoms with Gasteiger partial charge < -0.3 is 15.0 Å². The first kappa shape index (κ1) is 18.8. The number of aromatic nitrogens is 1. The van der Waals surface area contributed by atoms with E-state index < -0.39 is 0 Å². The Labute approximate surface area is 161 Å². The molecule has 1 N–H and O–H groups in total. The molecule has 7 heteroatoms. The van der Waals surface area contributed by atoms with E-state index in [1.165, 1.54) is 11.3 Å². The molecule has 0 aliphatic carbocycles. The third-order valence-electron chi connectivity index (χ3n) is 4.07. The lowest BCUT2D eigenvalue weighted by Crippen LogP contribution is -2.38. The summed E-state index contributed by atoms with van der Waals surface area (Å²) < 4.78 is 6.20. The second-order valence-corrected chi connectivity index (χ2v) is 6.90. The number of hydrogen-bond donors (Lipinski definition) is 1. The third kappa shape index (κ3) is 4.43. The van der Waals surface area contributed by atoms with E-state index in [0.29, 0.717) is 23.5 Å². The molecule has 1 aromatic heterocycles. The van der Waals surface area contributed by atoms with E-state index in [1.807, 2.05) is 31.2 Å². The molecule has 0 radical (unpaired) electrons. The zero-order valence-corrected chi connectivity index (χ0v) is 16.1. The Bertz CT molecular complexity index is 954. The maximum absolute atomic E-state index is 12.9. The van der Waals surface area contributed by atoms with Gasteiger partial charge in [0, 0.05) is 12.1 Å². The lowest BCUT2D eigenvalue weighted by Gasteiger charge is -2.22. The minimum Gasteiger partial charge on any atom is -0.495 e. The number of nitrogens with zero attached hydrogens (tertiary/aromatic N) is 2. The lowest BCUT2D eigenvalue weighted by molar-refractivity contribution is -0.116. The van der Waals surface area contributed by atoms with Gasteiger partial charge in [-0.1, -0.05) is 19.1 Å². The second kappa shape index (κ2) is 8.64. The van der Waals surface area contributed by atoms with E-state index >= 15 is 0 Å². The number of para-hydroxylation sites is 2. The normalized spacial score (nSPS) is 10.6. The maximum Gasteiger partial charge on any atom is 0.254 e. The largest absolute Gasteiger partial charge is 0.495 e. The number of nitrogens with one attached hydrogen (secondary N) is 1. The summed E-state index contributed by atoms with van der Waals surface area (Å²) in [6.07, 6.45) is 0.760. The fourth-order valence-corrected chi connectivity index (χ4v) is 3.52. The first-order chi connectivity index (χ1) is 13.1. The number of methoxy groups -OCH3 is 1. The van der Waals surface area contributed by atoms with Gasteiger partial charge in [0.05, 0.1) is 28.5 Å². The number of ether oxygens (including phenoxy) is 1. The average Bonchev–Trinajstić information content (AvgIpc) is 3.15. The topological polar surface area (TPSA) is 71.5 Å². The maximum atomic E-state index is 12.9. The van der Waals surface area contributed by atoms with Crippen LogP contribution in [0.3, 0.4) is 0 Å². The third-order valence-corrected chi connectivity index (χ3v) is 4.87. The van der Waals surface area contributed by atoms with E-state index in [1.54, 1.807) is 35.7 Å². The van der Waals surface area contributed by atoms with Crippen molar-refractivity contribution in [2.24, 2.45) is 0 Å². The molecule has 0 unspecified atom stereocenters. The van der Waals surface area contributed by atoms with Crippen molar-refractivity contribution in [1.82, 2.24) is 9.88 Å². The van der Waals surface area contributed by atoms with E-state index in [0.717, 1.165) is 16.6 Å². The number of thiazole rings is 1. The Morgan fingerprint density at radius 3 is 2.81 bits per heavy atom. The standard InChI is InChI=1S/C20H21N3O3S/c1-3-10-23(12-19(24)22-15-6-4-5-7-17(15)26-2)20(25)14-8-9-16-18(11-14)27-13-21-16/h4-9,11,13H,3,10,12H2,1-2H3,(H,22,24). The number of carbonyl (C=O) groups excluding carboxylic acids is 2. The van der Waals surface area contributed by atoms with Crippen LogP contribution in [-0.4, -0.2) is 41.9 Å². The molecule has 0 saturated carbocycles. The quantitative estimate of drug-likeness (QED) is 0.674. The Kier molecular flexibility index (Phi) is 6.03. The first-order valence-corrected chi connectivity index (χ1v) is 9.55.